The minimum Gasteiger partial charge on any atom is -0.496 e. The van der Waals surface area contributed by atoms with Crippen molar-refractivity contribution in [3.63, 3.8) is 0 Å². The number of methoxy groups -OCH3 is 2. The van der Waals surface area contributed by atoms with Crippen LogP contribution in [0.4, 0.5) is 0 Å². The van der Waals surface area contributed by atoms with Gasteiger partial charge in [-0.15, -0.1) is 0 Å². The van der Waals surface area contributed by atoms with Crippen molar-refractivity contribution in [3.8, 4) is 5.75 Å². The molecule has 0 saturated heterocycles. The summed E-state index contributed by atoms with van der Waals surface area (Å²) >= 11 is 0. The van der Waals surface area contributed by atoms with E-state index in [1.54, 1.807) is 14.2 Å². The molecule has 20 heavy (non-hydrogen) atoms. The van der Waals surface area contributed by atoms with Gasteiger partial charge in [0, 0.05) is 32.3 Å². The molecule has 0 radical (unpaired) electrons. The van der Waals surface area contributed by atoms with E-state index in [4.69, 9.17) is 9.47 Å². The average Bonchev–Trinajstić information content (AvgIpc) is 2.43. The summed E-state index contributed by atoms with van der Waals surface area (Å²) < 4.78 is 10.2. The molecule has 2 N–H and O–H groups in total. The number of hydrogen-bond donors (Lipinski definition) is 2. The first-order chi connectivity index (χ1) is 9.67. The molecule has 0 bridgehead atoms. The third-order valence-corrected chi connectivity index (χ3v) is 2.89. The fourth-order valence-corrected chi connectivity index (χ4v) is 1.87. The van der Waals surface area contributed by atoms with Crippen LogP contribution in [0.25, 0.3) is 0 Å². The normalized spacial score (nSPS) is 10.3. The summed E-state index contributed by atoms with van der Waals surface area (Å²) in [7, 11) is 3.28. The molecule has 1 amide bonds. The summed E-state index contributed by atoms with van der Waals surface area (Å²) in [5.41, 5.74) is 2.03. The van der Waals surface area contributed by atoms with Gasteiger partial charge in [0.05, 0.1) is 20.1 Å². The lowest BCUT2D eigenvalue weighted by atomic mass is 10.1. The highest BCUT2D eigenvalue weighted by Crippen LogP contribution is 2.19. The van der Waals surface area contributed by atoms with E-state index in [0.717, 1.165) is 30.0 Å². The van der Waals surface area contributed by atoms with Crippen molar-refractivity contribution in [3.05, 3.63) is 29.3 Å². The number of ether oxygens (including phenoxy) is 2. The zero-order valence-electron chi connectivity index (χ0n) is 12.5. The Hall–Kier alpha value is -1.59. The van der Waals surface area contributed by atoms with E-state index in [2.05, 4.69) is 10.6 Å². The van der Waals surface area contributed by atoms with Gasteiger partial charge in [-0.05, 0) is 13.0 Å². The van der Waals surface area contributed by atoms with Crippen molar-refractivity contribution < 1.29 is 14.3 Å². The zero-order valence-corrected chi connectivity index (χ0v) is 12.5. The molecular formula is C15H24N2O3. The van der Waals surface area contributed by atoms with Crippen molar-refractivity contribution in [1.29, 1.82) is 0 Å². The second kappa shape index (κ2) is 9.34. The summed E-state index contributed by atoms with van der Waals surface area (Å²) in [6, 6.07) is 5.85. The van der Waals surface area contributed by atoms with Gasteiger partial charge in [0.15, 0.2) is 0 Å². The summed E-state index contributed by atoms with van der Waals surface area (Å²) in [5, 5.41) is 6.05. The lowest BCUT2D eigenvalue weighted by Gasteiger charge is -2.10. The molecular weight excluding hydrogens is 256 g/mol. The largest absolute Gasteiger partial charge is 0.496 e. The van der Waals surface area contributed by atoms with Crippen LogP contribution in [0.1, 0.15) is 11.1 Å². The van der Waals surface area contributed by atoms with Crippen LogP contribution in [0.3, 0.4) is 0 Å². The van der Waals surface area contributed by atoms with Crippen molar-refractivity contribution in [2.75, 3.05) is 40.5 Å². The van der Waals surface area contributed by atoms with Gasteiger partial charge in [-0.25, -0.2) is 0 Å². The van der Waals surface area contributed by atoms with Gasteiger partial charge in [-0.1, -0.05) is 17.7 Å². The Kier molecular flexibility index (Phi) is 7.69. The van der Waals surface area contributed by atoms with E-state index in [1.807, 2.05) is 25.1 Å². The maximum atomic E-state index is 11.9. The molecule has 0 saturated carbocycles. The first-order valence-corrected chi connectivity index (χ1v) is 6.77. The average molecular weight is 280 g/mol. The maximum Gasteiger partial charge on any atom is 0.224 e. The molecule has 0 aliphatic carbocycles. The Morgan fingerprint density at radius 2 is 2.00 bits per heavy atom. The molecule has 0 fully saturated rings. The van der Waals surface area contributed by atoms with Crippen molar-refractivity contribution in [2.45, 2.75) is 13.3 Å². The minimum absolute atomic E-state index is 0.00226. The van der Waals surface area contributed by atoms with Gasteiger partial charge in [-0.2, -0.15) is 0 Å². The molecule has 1 rings (SSSR count). The number of aryl methyl sites for hydroxylation is 1. The van der Waals surface area contributed by atoms with E-state index in [1.165, 1.54) is 0 Å². The molecule has 0 aliphatic heterocycles. The molecule has 1 aromatic rings. The number of benzene rings is 1. The summed E-state index contributed by atoms with van der Waals surface area (Å²) in [6.45, 7) is 4.81. The number of amides is 1. The van der Waals surface area contributed by atoms with Crippen LogP contribution < -0.4 is 15.4 Å². The maximum absolute atomic E-state index is 11.9. The van der Waals surface area contributed by atoms with Gasteiger partial charge in [0.2, 0.25) is 5.91 Å². The molecule has 0 spiro atoms. The molecule has 0 heterocycles. The van der Waals surface area contributed by atoms with Crippen LogP contribution in [0.5, 0.6) is 5.75 Å². The van der Waals surface area contributed by atoms with E-state index >= 15 is 0 Å². The van der Waals surface area contributed by atoms with E-state index in [0.29, 0.717) is 19.6 Å². The minimum atomic E-state index is 0.00226. The summed E-state index contributed by atoms with van der Waals surface area (Å²) in [5.74, 6) is 0.756. The molecule has 5 heteroatoms. The van der Waals surface area contributed by atoms with Crippen LogP contribution in [-0.2, 0) is 16.0 Å². The van der Waals surface area contributed by atoms with Crippen LogP contribution in [0.2, 0.25) is 0 Å². The lowest BCUT2D eigenvalue weighted by Crippen LogP contribution is -2.33. The van der Waals surface area contributed by atoms with Crippen molar-refractivity contribution >= 4 is 5.91 Å². The third kappa shape index (κ3) is 6.04. The number of carbonyl (C=O) groups is 1. The Balaban J connectivity index is 2.33. The summed E-state index contributed by atoms with van der Waals surface area (Å²) in [4.78, 5) is 11.9. The molecule has 1 aromatic carbocycles. The van der Waals surface area contributed by atoms with Crippen molar-refractivity contribution in [2.24, 2.45) is 0 Å². The topological polar surface area (TPSA) is 59.6 Å². The highest BCUT2D eigenvalue weighted by Gasteiger charge is 2.08. The monoisotopic (exact) mass is 280 g/mol. The van der Waals surface area contributed by atoms with E-state index in [9.17, 15) is 4.79 Å². The standard InChI is InChI=1S/C15H24N2O3/c1-12-4-5-14(20-3)13(10-12)11-15(18)17-7-6-16-8-9-19-2/h4-5,10,16H,6-9,11H2,1-3H3,(H,17,18). The van der Waals surface area contributed by atoms with Gasteiger partial charge in [-0.3, -0.25) is 4.79 Å². The fraction of sp³-hybridized carbons (Fsp3) is 0.533. The second-order valence-corrected chi connectivity index (χ2v) is 4.58. The molecule has 5 nitrogen and oxygen atoms in total. The predicted molar refractivity (Wildman–Crippen MR) is 79.2 cm³/mol. The van der Waals surface area contributed by atoms with E-state index < -0.39 is 0 Å². The lowest BCUT2D eigenvalue weighted by molar-refractivity contribution is -0.120. The Bertz CT molecular complexity index is 422. The van der Waals surface area contributed by atoms with Gasteiger partial charge in [0.25, 0.3) is 0 Å². The van der Waals surface area contributed by atoms with Gasteiger partial charge < -0.3 is 20.1 Å². The molecule has 0 atom stereocenters. The summed E-state index contributed by atoms with van der Waals surface area (Å²) in [6.07, 6.45) is 0.336. The third-order valence-electron chi connectivity index (χ3n) is 2.89. The molecule has 0 aliphatic rings. The first kappa shape index (κ1) is 16.5. The van der Waals surface area contributed by atoms with Crippen LogP contribution in [0, 0.1) is 6.92 Å². The molecule has 0 aromatic heterocycles. The zero-order chi connectivity index (χ0) is 14.8. The Morgan fingerprint density at radius 3 is 2.70 bits per heavy atom. The quantitative estimate of drug-likeness (QED) is 0.660. The highest BCUT2D eigenvalue weighted by atomic mass is 16.5. The predicted octanol–water partition coefficient (Wildman–Crippen LogP) is 0.898. The van der Waals surface area contributed by atoms with Gasteiger partial charge >= 0.3 is 0 Å². The second-order valence-electron chi connectivity index (χ2n) is 4.58. The van der Waals surface area contributed by atoms with Crippen LogP contribution in [0.15, 0.2) is 18.2 Å². The molecule has 112 valence electrons. The Morgan fingerprint density at radius 1 is 1.20 bits per heavy atom. The van der Waals surface area contributed by atoms with Gasteiger partial charge in [0.1, 0.15) is 5.75 Å². The van der Waals surface area contributed by atoms with Crippen LogP contribution in [-0.4, -0.2) is 46.4 Å². The molecule has 0 unspecified atom stereocenters. The Labute approximate surface area is 120 Å². The number of rotatable bonds is 9. The van der Waals surface area contributed by atoms with E-state index in [-0.39, 0.29) is 5.91 Å². The fourth-order valence-electron chi connectivity index (χ4n) is 1.87. The van der Waals surface area contributed by atoms with Crippen molar-refractivity contribution in [1.82, 2.24) is 10.6 Å². The van der Waals surface area contributed by atoms with Crippen LogP contribution >= 0.6 is 0 Å². The smallest absolute Gasteiger partial charge is 0.224 e. The SMILES string of the molecule is COCCNCCNC(=O)Cc1cc(C)ccc1OC. The number of hydrogen-bond acceptors (Lipinski definition) is 4. The highest BCUT2D eigenvalue weighted by molar-refractivity contribution is 5.79. The number of carbonyl (C=O) groups excluding carboxylic acids is 1. The number of nitrogens with one attached hydrogen (secondary N) is 2. The first-order valence-electron chi connectivity index (χ1n) is 6.77.